The monoisotopic (exact) mass is 568 g/mol. The van der Waals surface area contributed by atoms with Gasteiger partial charge in [-0.25, -0.2) is 0 Å². The number of carbonyl (C=O) groups is 3. The molecule has 41 heavy (non-hydrogen) atoms. The lowest BCUT2D eigenvalue weighted by atomic mass is 9.76. The number of guanidine groups is 1. The average Bonchev–Trinajstić information content (AvgIpc) is 2.96. The molecule has 2 fully saturated rings. The van der Waals surface area contributed by atoms with Crippen LogP contribution >= 0.6 is 0 Å². The molecule has 2 saturated carbocycles. The van der Waals surface area contributed by atoms with E-state index in [1.54, 1.807) is 0 Å². The summed E-state index contributed by atoms with van der Waals surface area (Å²) in [6, 6.07) is 5.84. The van der Waals surface area contributed by atoms with Gasteiger partial charge in [-0.3, -0.25) is 24.8 Å². The largest absolute Gasteiger partial charge is 0.384 e. The molecule has 11 nitrogen and oxygen atoms in total. The predicted molar refractivity (Wildman–Crippen MR) is 161 cm³/mol. The minimum absolute atomic E-state index is 0.00460. The van der Waals surface area contributed by atoms with Crippen molar-refractivity contribution >= 4 is 29.5 Å². The molecule has 0 aliphatic heterocycles. The summed E-state index contributed by atoms with van der Waals surface area (Å²) in [5.41, 5.74) is 23.6. The smallest absolute Gasteiger partial charge is 0.243 e. The molecule has 0 aromatic heterocycles. The third kappa shape index (κ3) is 10.1. The first-order valence-electron chi connectivity index (χ1n) is 15.0. The number of hydrogen-bond donors (Lipinski definition) is 7. The quantitative estimate of drug-likeness (QED) is 0.101. The van der Waals surface area contributed by atoms with Gasteiger partial charge in [-0.1, -0.05) is 62.8 Å². The van der Waals surface area contributed by atoms with Crippen LogP contribution in [0.2, 0.25) is 0 Å². The fourth-order valence-corrected chi connectivity index (χ4v) is 6.26. The summed E-state index contributed by atoms with van der Waals surface area (Å²) in [7, 11) is 0. The van der Waals surface area contributed by atoms with E-state index in [0.717, 1.165) is 63.4 Å². The van der Waals surface area contributed by atoms with Crippen LogP contribution in [0.5, 0.6) is 0 Å². The third-order valence-corrected chi connectivity index (χ3v) is 8.58. The Labute approximate surface area is 243 Å². The highest BCUT2D eigenvalue weighted by Gasteiger charge is 2.36. The Bertz CT molecular complexity index is 1060. The molecule has 0 radical (unpaired) electrons. The number of primary amides is 1. The van der Waals surface area contributed by atoms with Crippen LogP contribution in [0, 0.1) is 23.2 Å². The van der Waals surface area contributed by atoms with E-state index >= 15 is 0 Å². The summed E-state index contributed by atoms with van der Waals surface area (Å²) in [6.07, 6.45) is 11.4. The number of nitrogens with two attached hydrogens (primary N) is 4. The van der Waals surface area contributed by atoms with E-state index < -0.39 is 18.0 Å². The van der Waals surface area contributed by atoms with E-state index in [-0.39, 0.29) is 41.4 Å². The second-order valence-electron chi connectivity index (χ2n) is 11.6. The number of rotatable bonds is 14. The lowest BCUT2D eigenvalue weighted by molar-refractivity contribution is -0.135. The number of amides is 3. The lowest BCUT2D eigenvalue weighted by Gasteiger charge is -2.34. The van der Waals surface area contributed by atoms with E-state index in [1.807, 2.05) is 24.3 Å². The van der Waals surface area contributed by atoms with Crippen LogP contribution in [0.3, 0.4) is 0 Å². The van der Waals surface area contributed by atoms with E-state index in [1.165, 1.54) is 6.42 Å². The molecular formula is C30H48N8O3. The number of aliphatic imine (C=N–C) groups is 1. The highest BCUT2D eigenvalue weighted by molar-refractivity contribution is 5.95. The van der Waals surface area contributed by atoms with Crippen LogP contribution in [0.25, 0.3) is 0 Å². The first-order valence-corrected chi connectivity index (χ1v) is 15.0. The van der Waals surface area contributed by atoms with Gasteiger partial charge in [0.1, 0.15) is 17.9 Å². The van der Waals surface area contributed by atoms with Gasteiger partial charge in [0.2, 0.25) is 17.7 Å². The average molecular weight is 569 g/mol. The molecule has 3 atom stereocenters. The minimum Gasteiger partial charge on any atom is -0.384 e. The van der Waals surface area contributed by atoms with Gasteiger partial charge >= 0.3 is 0 Å². The van der Waals surface area contributed by atoms with Crippen molar-refractivity contribution in [1.29, 1.82) is 5.41 Å². The molecule has 11 N–H and O–H groups in total. The van der Waals surface area contributed by atoms with Gasteiger partial charge in [0, 0.05) is 18.0 Å². The normalized spacial score (nSPS) is 18.4. The zero-order valence-corrected chi connectivity index (χ0v) is 24.1. The molecule has 2 aliphatic carbocycles. The molecule has 0 bridgehead atoms. The second kappa shape index (κ2) is 16.0. The summed E-state index contributed by atoms with van der Waals surface area (Å²) in [4.78, 5) is 43.8. The Morgan fingerprint density at radius 2 is 1.41 bits per heavy atom. The van der Waals surface area contributed by atoms with Crippen LogP contribution in [0.15, 0.2) is 29.3 Å². The number of hydrogen-bond acceptors (Lipinski definition) is 5. The van der Waals surface area contributed by atoms with Crippen LogP contribution in [-0.2, 0) is 20.8 Å². The van der Waals surface area contributed by atoms with Crippen molar-refractivity contribution in [3.63, 3.8) is 0 Å². The van der Waals surface area contributed by atoms with Crippen molar-refractivity contribution in [3.8, 4) is 0 Å². The molecular weight excluding hydrogens is 520 g/mol. The van der Waals surface area contributed by atoms with Crippen molar-refractivity contribution in [1.82, 2.24) is 10.6 Å². The van der Waals surface area contributed by atoms with Crippen molar-refractivity contribution in [2.45, 2.75) is 95.6 Å². The number of benzene rings is 1. The maximum Gasteiger partial charge on any atom is 0.243 e. The van der Waals surface area contributed by atoms with Crippen LogP contribution in [-0.4, -0.2) is 48.1 Å². The summed E-state index contributed by atoms with van der Waals surface area (Å²) < 4.78 is 0. The Kier molecular flexibility index (Phi) is 12.4. The van der Waals surface area contributed by atoms with Gasteiger partial charge < -0.3 is 33.6 Å². The fraction of sp³-hybridized carbons (Fsp3) is 0.633. The fourth-order valence-electron chi connectivity index (χ4n) is 6.26. The maximum absolute atomic E-state index is 14.0. The van der Waals surface area contributed by atoms with Gasteiger partial charge in [-0.05, 0) is 62.3 Å². The number of nitrogens with zero attached hydrogens (tertiary/aromatic N) is 1. The molecule has 11 heteroatoms. The summed E-state index contributed by atoms with van der Waals surface area (Å²) in [5.74, 6) is -1.23. The SMILES string of the molecule is N=C(N)c1ccc(CC(C(=O)NC(C(=O)N[C@@H](CCCN=C(N)N)C(N)=O)C2CCCCC2)C2CCCCC2)cc1. The summed E-state index contributed by atoms with van der Waals surface area (Å²) >= 11 is 0. The Morgan fingerprint density at radius 1 is 0.829 bits per heavy atom. The van der Waals surface area contributed by atoms with Gasteiger partial charge in [0.15, 0.2) is 5.96 Å². The molecule has 0 saturated heterocycles. The van der Waals surface area contributed by atoms with Crippen molar-refractivity contribution in [2.24, 2.45) is 45.7 Å². The highest BCUT2D eigenvalue weighted by atomic mass is 16.2. The molecule has 226 valence electrons. The van der Waals surface area contributed by atoms with Crippen molar-refractivity contribution in [3.05, 3.63) is 35.4 Å². The number of carbonyl (C=O) groups excluding carboxylic acids is 3. The van der Waals surface area contributed by atoms with Crippen LogP contribution in [0.4, 0.5) is 0 Å². The van der Waals surface area contributed by atoms with E-state index in [4.69, 9.17) is 28.3 Å². The first kappa shape index (κ1) is 31.9. The van der Waals surface area contributed by atoms with Crippen molar-refractivity contribution < 1.29 is 14.4 Å². The molecule has 3 rings (SSSR count). The zero-order chi connectivity index (χ0) is 29.8. The van der Waals surface area contributed by atoms with E-state index in [2.05, 4.69) is 15.6 Å². The standard InChI is InChI=1S/C30H48N8O3/c31-26(32)22-15-13-19(14-16-22)18-23(20-8-3-1-4-9-20)28(40)38-25(21-10-5-2-6-11-21)29(41)37-24(27(33)39)12-7-17-36-30(34)35/h13-16,20-21,23-25H,1-12,17-18H2,(H3,31,32)(H2,33,39)(H,37,41)(H,38,40)(H4,34,35,36)/t23?,24-,25?/m0/s1. The lowest BCUT2D eigenvalue weighted by Crippen LogP contribution is -2.57. The molecule has 0 spiro atoms. The molecule has 0 heterocycles. The first-order chi connectivity index (χ1) is 19.7. The molecule has 1 aromatic rings. The van der Waals surface area contributed by atoms with Crippen LogP contribution < -0.4 is 33.6 Å². The topological polar surface area (TPSA) is 216 Å². The number of amidine groups is 1. The highest BCUT2D eigenvalue weighted by Crippen LogP contribution is 2.33. The molecule has 3 amide bonds. The Hall–Kier alpha value is -3.63. The van der Waals surface area contributed by atoms with Gasteiger partial charge in [0.25, 0.3) is 0 Å². The van der Waals surface area contributed by atoms with Gasteiger partial charge in [-0.2, -0.15) is 0 Å². The minimum atomic E-state index is -0.881. The summed E-state index contributed by atoms with van der Waals surface area (Å²) in [5, 5.41) is 13.6. The summed E-state index contributed by atoms with van der Waals surface area (Å²) in [6.45, 7) is 0.321. The van der Waals surface area contributed by atoms with E-state index in [0.29, 0.717) is 31.4 Å². The third-order valence-electron chi connectivity index (χ3n) is 8.58. The second-order valence-corrected chi connectivity index (χ2v) is 11.6. The predicted octanol–water partition coefficient (Wildman–Crippen LogP) is 1.80. The van der Waals surface area contributed by atoms with Crippen LogP contribution in [0.1, 0.15) is 88.2 Å². The zero-order valence-electron chi connectivity index (χ0n) is 24.1. The Morgan fingerprint density at radius 3 is 1.95 bits per heavy atom. The van der Waals surface area contributed by atoms with Gasteiger partial charge in [-0.15, -0.1) is 0 Å². The number of nitrogens with one attached hydrogen (secondary N) is 3. The van der Waals surface area contributed by atoms with Crippen molar-refractivity contribution in [2.75, 3.05) is 6.54 Å². The number of nitrogen functional groups attached to an aromatic ring is 1. The molecule has 2 aliphatic rings. The Balaban J connectivity index is 1.78. The maximum atomic E-state index is 14.0. The van der Waals surface area contributed by atoms with E-state index in [9.17, 15) is 14.4 Å². The van der Waals surface area contributed by atoms with Gasteiger partial charge in [0.05, 0.1) is 0 Å². The molecule has 2 unspecified atom stereocenters. The molecule has 1 aromatic carbocycles.